The van der Waals surface area contributed by atoms with E-state index in [1.165, 1.54) is 24.0 Å². The Balaban J connectivity index is 1.57. The van der Waals surface area contributed by atoms with Gasteiger partial charge in [0.05, 0.1) is 13.2 Å². The summed E-state index contributed by atoms with van der Waals surface area (Å²) in [5.41, 5.74) is 2.54. The molecule has 2 aliphatic rings. The highest BCUT2D eigenvalue weighted by molar-refractivity contribution is 5.26. The highest BCUT2D eigenvalue weighted by Crippen LogP contribution is 2.24. The summed E-state index contributed by atoms with van der Waals surface area (Å²) < 4.78 is 11.8. The largest absolute Gasteiger partial charge is 0.348 e. The predicted molar refractivity (Wildman–Crippen MR) is 70.0 cm³/mol. The fourth-order valence-electron chi connectivity index (χ4n) is 2.78. The van der Waals surface area contributed by atoms with Crippen LogP contribution in [0.4, 0.5) is 0 Å². The molecular weight excluding hydrogens is 226 g/mol. The number of fused-ring (bicyclic) bond motifs is 1. The van der Waals surface area contributed by atoms with E-state index in [0.717, 1.165) is 25.4 Å². The lowest BCUT2D eigenvalue weighted by Gasteiger charge is -2.26. The van der Waals surface area contributed by atoms with Gasteiger partial charge in [0.1, 0.15) is 0 Å². The molecule has 1 aromatic rings. The van der Waals surface area contributed by atoms with Crippen LogP contribution in [0.25, 0.3) is 0 Å². The Morgan fingerprint density at radius 3 is 2.22 bits per heavy atom. The molecule has 0 amide bonds. The number of nitrogens with one attached hydrogen (secondary N) is 1. The summed E-state index contributed by atoms with van der Waals surface area (Å²) in [6.45, 7) is 3.65. The second-order valence-corrected chi connectivity index (χ2v) is 5.25. The Labute approximate surface area is 108 Å². The van der Waals surface area contributed by atoms with E-state index >= 15 is 0 Å². The van der Waals surface area contributed by atoms with Crippen LogP contribution in [0, 0.1) is 5.92 Å². The molecule has 2 aliphatic heterocycles. The average Bonchev–Trinajstić information content (AvgIpc) is 2.63. The van der Waals surface area contributed by atoms with Crippen LogP contribution in [0.5, 0.6) is 0 Å². The summed E-state index contributed by atoms with van der Waals surface area (Å²) in [5, 5.41) is 3.40. The van der Waals surface area contributed by atoms with Crippen LogP contribution in [-0.2, 0) is 22.7 Å². The van der Waals surface area contributed by atoms with E-state index in [1.54, 1.807) is 0 Å². The summed E-state index contributed by atoms with van der Waals surface area (Å²) >= 11 is 0. The van der Waals surface area contributed by atoms with Gasteiger partial charge in [-0.15, -0.1) is 0 Å². The minimum Gasteiger partial charge on any atom is -0.348 e. The van der Waals surface area contributed by atoms with Crippen LogP contribution in [0.15, 0.2) is 24.3 Å². The lowest BCUT2D eigenvalue weighted by molar-refractivity contribution is -0.159. The molecule has 18 heavy (non-hydrogen) atoms. The lowest BCUT2D eigenvalue weighted by atomic mass is 9.94. The summed E-state index contributed by atoms with van der Waals surface area (Å²) in [5.74, 6) is 0.748. The van der Waals surface area contributed by atoms with Crippen molar-refractivity contribution in [2.24, 2.45) is 5.92 Å². The van der Waals surface area contributed by atoms with Crippen molar-refractivity contribution in [3.8, 4) is 0 Å². The van der Waals surface area contributed by atoms with Crippen molar-refractivity contribution in [3.05, 3.63) is 35.4 Å². The molecule has 0 saturated carbocycles. The third-order valence-electron chi connectivity index (χ3n) is 3.95. The monoisotopic (exact) mass is 247 g/mol. The maximum atomic E-state index is 5.89. The summed E-state index contributed by atoms with van der Waals surface area (Å²) in [4.78, 5) is 0. The van der Waals surface area contributed by atoms with Crippen molar-refractivity contribution in [1.82, 2.24) is 5.32 Å². The minimum atomic E-state index is -0.0273. The van der Waals surface area contributed by atoms with E-state index in [2.05, 4.69) is 29.6 Å². The van der Waals surface area contributed by atoms with Crippen LogP contribution in [0.2, 0.25) is 0 Å². The van der Waals surface area contributed by atoms with Gasteiger partial charge in [-0.2, -0.15) is 0 Å². The van der Waals surface area contributed by atoms with E-state index in [-0.39, 0.29) is 6.29 Å². The molecule has 0 spiro atoms. The predicted octanol–water partition coefficient (Wildman–Crippen LogP) is 2.45. The van der Waals surface area contributed by atoms with Crippen molar-refractivity contribution in [2.75, 3.05) is 13.1 Å². The van der Waals surface area contributed by atoms with Crippen LogP contribution >= 0.6 is 0 Å². The maximum absolute atomic E-state index is 5.89. The van der Waals surface area contributed by atoms with Crippen molar-refractivity contribution >= 4 is 0 Å². The van der Waals surface area contributed by atoms with Gasteiger partial charge in [-0.1, -0.05) is 24.3 Å². The minimum absolute atomic E-state index is 0.0273. The number of piperidine rings is 1. The van der Waals surface area contributed by atoms with Crippen molar-refractivity contribution in [3.63, 3.8) is 0 Å². The van der Waals surface area contributed by atoms with E-state index < -0.39 is 0 Å². The SMILES string of the molecule is c1ccc2c(c1)COC(CC1CCNCC1)OC2. The van der Waals surface area contributed by atoms with Crippen LogP contribution in [0.1, 0.15) is 30.4 Å². The first kappa shape index (κ1) is 12.2. The highest BCUT2D eigenvalue weighted by atomic mass is 16.7. The molecule has 3 nitrogen and oxygen atoms in total. The highest BCUT2D eigenvalue weighted by Gasteiger charge is 2.22. The Morgan fingerprint density at radius 1 is 1.00 bits per heavy atom. The molecule has 1 saturated heterocycles. The zero-order valence-corrected chi connectivity index (χ0v) is 10.7. The van der Waals surface area contributed by atoms with Crippen LogP contribution in [0.3, 0.4) is 0 Å². The first-order valence-electron chi connectivity index (χ1n) is 6.92. The summed E-state index contributed by atoms with van der Waals surface area (Å²) in [6.07, 6.45) is 3.50. The van der Waals surface area contributed by atoms with Crippen molar-refractivity contribution in [1.29, 1.82) is 0 Å². The fraction of sp³-hybridized carbons (Fsp3) is 0.600. The van der Waals surface area contributed by atoms with Gasteiger partial charge in [-0.25, -0.2) is 0 Å². The normalized spacial score (nSPS) is 22.4. The van der Waals surface area contributed by atoms with E-state index in [0.29, 0.717) is 13.2 Å². The quantitative estimate of drug-likeness (QED) is 0.870. The first-order valence-corrected chi connectivity index (χ1v) is 6.92. The maximum Gasteiger partial charge on any atom is 0.158 e. The Hall–Kier alpha value is -0.900. The van der Waals surface area contributed by atoms with E-state index in [1.807, 2.05) is 0 Å². The van der Waals surface area contributed by atoms with Crippen LogP contribution in [-0.4, -0.2) is 19.4 Å². The lowest BCUT2D eigenvalue weighted by Crippen LogP contribution is -2.30. The molecule has 0 aliphatic carbocycles. The average molecular weight is 247 g/mol. The summed E-state index contributed by atoms with van der Waals surface area (Å²) in [6, 6.07) is 8.39. The second-order valence-electron chi connectivity index (χ2n) is 5.25. The number of ether oxygens (including phenoxy) is 2. The van der Waals surface area contributed by atoms with Crippen LogP contribution < -0.4 is 5.32 Å². The first-order chi connectivity index (χ1) is 8.92. The zero-order chi connectivity index (χ0) is 12.2. The van der Waals surface area contributed by atoms with Gasteiger partial charge >= 0.3 is 0 Å². The molecule has 0 aromatic heterocycles. The van der Waals surface area contributed by atoms with Gasteiger partial charge in [0.15, 0.2) is 6.29 Å². The molecular formula is C15H21NO2. The van der Waals surface area contributed by atoms with Gasteiger partial charge in [0.2, 0.25) is 0 Å². The Morgan fingerprint density at radius 2 is 1.61 bits per heavy atom. The van der Waals surface area contributed by atoms with Gasteiger partial charge in [0.25, 0.3) is 0 Å². The summed E-state index contributed by atoms with van der Waals surface area (Å²) in [7, 11) is 0. The molecule has 3 rings (SSSR count). The molecule has 1 aromatic carbocycles. The number of hydrogen-bond donors (Lipinski definition) is 1. The fourth-order valence-corrected chi connectivity index (χ4v) is 2.78. The second kappa shape index (κ2) is 5.83. The topological polar surface area (TPSA) is 30.5 Å². The van der Waals surface area contributed by atoms with E-state index in [4.69, 9.17) is 9.47 Å². The van der Waals surface area contributed by atoms with Gasteiger partial charge in [0, 0.05) is 6.42 Å². The molecule has 0 radical (unpaired) electrons. The molecule has 2 heterocycles. The molecule has 3 heteroatoms. The Bertz CT molecular complexity index is 361. The molecule has 0 bridgehead atoms. The zero-order valence-electron chi connectivity index (χ0n) is 10.7. The Kier molecular flexibility index (Phi) is 3.93. The number of rotatable bonds is 2. The molecule has 0 atom stereocenters. The van der Waals surface area contributed by atoms with Crippen molar-refractivity contribution < 1.29 is 9.47 Å². The third kappa shape index (κ3) is 2.91. The molecule has 0 unspecified atom stereocenters. The number of hydrogen-bond acceptors (Lipinski definition) is 3. The standard InChI is InChI=1S/C15H21NO2/c1-2-4-14-11-18-15(17-10-13(14)3-1)9-12-5-7-16-8-6-12/h1-4,12,15-16H,5-11H2. The van der Waals surface area contributed by atoms with Gasteiger partial charge in [-0.3, -0.25) is 0 Å². The van der Waals surface area contributed by atoms with Crippen molar-refractivity contribution in [2.45, 2.75) is 38.8 Å². The molecule has 1 fully saturated rings. The van der Waals surface area contributed by atoms with E-state index in [9.17, 15) is 0 Å². The van der Waals surface area contributed by atoms with Gasteiger partial charge in [-0.05, 0) is 43.0 Å². The number of benzene rings is 1. The smallest absolute Gasteiger partial charge is 0.158 e. The molecule has 1 N–H and O–H groups in total. The third-order valence-corrected chi connectivity index (χ3v) is 3.95. The molecule has 98 valence electrons. The van der Waals surface area contributed by atoms with Gasteiger partial charge < -0.3 is 14.8 Å².